The van der Waals surface area contributed by atoms with Crippen LogP contribution in [0.3, 0.4) is 0 Å². The van der Waals surface area contributed by atoms with E-state index in [4.69, 9.17) is 10.2 Å². The summed E-state index contributed by atoms with van der Waals surface area (Å²) < 4.78 is 1.80. The van der Waals surface area contributed by atoms with Gasteiger partial charge in [-0.05, 0) is 19.8 Å². The largest absolute Gasteiger partial charge is 0.478 e. The molecule has 0 spiro atoms. The summed E-state index contributed by atoms with van der Waals surface area (Å²) in [4.78, 5) is 22.0. The molecule has 0 fully saturated rings. The summed E-state index contributed by atoms with van der Waals surface area (Å²) in [6, 6.07) is 0. The first kappa shape index (κ1) is 9.76. The second-order valence-electron chi connectivity index (χ2n) is 3.65. The van der Waals surface area contributed by atoms with Crippen molar-refractivity contribution in [1.82, 2.24) is 4.57 Å². The van der Waals surface area contributed by atoms with E-state index in [-0.39, 0.29) is 11.1 Å². The summed E-state index contributed by atoms with van der Waals surface area (Å²) >= 11 is 0. The molecule has 2 heterocycles. The molecule has 0 amide bonds. The summed E-state index contributed by atoms with van der Waals surface area (Å²) in [5.74, 6) is -2.31. The molecule has 0 aliphatic carbocycles. The molecule has 15 heavy (non-hydrogen) atoms. The molecule has 0 radical (unpaired) electrons. The molecule has 0 aromatic carbocycles. The zero-order valence-corrected chi connectivity index (χ0v) is 8.28. The molecule has 80 valence electrons. The van der Waals surface area contributed by atoms with Crippen molar-refractivity contribution in [3.05, 3.63) is 22.5 Å². The minimum atomic E-state index is -1.16. The summed E-state index contributed by atoms with van der Waals surface area (Å²) in [5.41, 5.74) is 1.11. The number of aromatic carboxylic acids is 2. The van der Waals surface area contributed by atoms with Gasteiger partial charge in [0.2, 0.25) is 0 Å². The zero-order valence-electron chi connectivity index (χ0n) is 8.28. The van der Waals surface area contributed by atoms with Crippen molar-refractivity contribution in [3.63, 3.8) is 0 Å². The first-order valence-electron chi connectivity index (χ1n) is 4.72. The van der Waals surface area contributed by atoms with Crippen molar-refractivity contribution in [2.45, 2.75) is 26.3 Å². The molecule has 1 aliphatic heterocycles. The Hall–Kier alpha value is -1.78. The van der Waals surface area contributed by atoms with Crippen LogP contribution in [0, 0.1) is 6.92 Å². The van der Waals surface area contributed by atoms with Gasteiger partial charge >= 0.3 is 11.9 Å². The molecular weight excluding hydrogens is 198 g/mol. The Morgan fingerprint density at radius 1 is 1.20 bits per heavy atom. The van der Waals surface area contributed by atoms with Crippen molar-refractivity contribution < 1.29 is 19.8 Å². The second kappa shape index (κ2) is 3.12. The first-order chi connectivity index (χ1) is 7.04. The van der Waals surface area contributed by atoms with E-state index in [1.807, 2.05) is 0 Å². The van der Waals surface area contributed by atoms with Gasteiger partial charge in [0.15, 0.2) is 0 Å². The fraction of sp³-hybridized carbons (Fsp3) is 0.400. The lowest BCUT2D eigenvalue weighted by Gasteiger charge is -1.99. The van der Waals surface area contributed by atoms with Gasteiger partial charge in [0.05, 0.1) is 11.1 Å². The van der Waals surface area contributed by atoms with Crippen molar-refractivity contribution in [2.24, 2.45) is 0 Å². The highest BCUT2D eigenvalue weighted by atomic mass is 16.4. The molecule has 0 unspecified atom stereocenters. The summed E-state index contributed by atoms with van der Waals surface area (Å²) in [7, 11) is 0. The van der Waals surface area contributed by atoms with E-state index >= 15 is 0 Å². The molecule has 0 saturated carbocycles. The van der Waals surface area contributed by atoms with Gasteiger partial charge in [-0.2, -0.15) is 0 Å². The molecule has 5 heteroatoms. The van der Waals surface area contributed by atoms with Crippen LogP contribution in [0.5, 0.6) is 0 Å². The third kappa shape index (κ3) is 1.23. The molecular formula is C10H11NO4. The first-order valence-corrected chi connectivity index (χ1v) is 4.72. The van der Waals surface area contributed by atoms with Crippen molar-refractivity contribution in [1.29, 1.82) is 0 Å². The van der Waals surface area contributed by atoms with Gasteiger partial charge in [-0.25, -0.2) is 9.59 Å². The predicted molar refractivity (Wildman–Crippen MR) is 51.4 cm³/mol. The number of aromatic nitrogens is 1. The smallest absolute Gasteiger partial charge is 0.338 e. The molecule has 2 rings (SSSR count). The van der Waals surface area contributed by atoms with Gasteiger partial charge in [-0.3, -0.25) is 0 Å². The highest BCUT2D eigenvalue weighted by Gasteiger charge is 2.30. The van der Waals surface area contributed by atoms with Crippen LogP contribution in [-0.4, -0.2) is 26.7 Å². The predicted octanol–water partition coefficient (Wildman–Crippen LogP) is 1.14. The Balaban J connectivity index is 2.74. The van der Waals surface area contributed by atoms with Gasteiger partial charge in [-0.1, -0.05) is 0 Å². The lowest BCUT2D eigenvalue weighted by atomic mass is 10.1. The monoisotopic (exact) mass is 209 g/mol. The molecule has 1 aromatic rings. The standard InChI is InChI=1S/C10H11NO4/c1-5-7(9(12)13)8(10(14)15)6-3-2-4-11(5)6/h2-4H2,1H3,(H,12,13)(H,14,15). The van der Waals surface area contributed by atoms with E-state index in [0.29, 0.717) is 24.4 Å². The number of fused-ring (bicyclic) bond motifs is 1. The number of rotatable bonds is 2. The molecule has 1 aromatic heterocycles. The lowest BCUT2D eigenvalue weighted by molar-refractivity contribution is 0.0651. The molecule has 0 atom stereocenters. The third-order valence-electron chi connectivity index (χ3n) is 2.85. The number of carboxylic acid groups (broad SMARTS) is 2. The van der Waals surface area contributed by atoms with E-state index in [1.54, 1.807) is 11.5 Å². The normalized spacial score (nSPS) is 13.9. The van der Waals surface area contributed by atoms with E-state index in [1.165, 1.54) is 0 Å². The number of nitrogens with zero attached hydrogens (tertiary/aromatic N) is 1. The van der Waals surface area contributed by atoms with Crippen LogP contribution in [0.1, 0.15) is 38.5 Å². The maximum Gasteiger partial charge on any atom is 0.338 e. The van der Waals surface area contributed by atoms with E-state index in [9.17, 15) is 9.59 Å². The van der Waals surface area contributed by atoms with Crippen LogP contribution in [-0.2, 0) is 13.0 Å². The van der Waals surface area contributed by atoms with Crippen LogP contribution >= 0.6 is 0 Å². The Bertz CT molecular complexity index is 458. The third-order valence-corrected chi connectivity index (χ3v) is 2.85. The minimum absolute atomic E-state index is 0.0301. The zero-order chi connectivity index (χ0) is 11.2. The van der Waals surface area contributed by atoms with Crippen molar-refractivity contribution >= 4 is 11.9 Å². The number of hydrogen-bond acceptors (Lipinski definition) is 2. The maximum absolute atomic E-state index is 11.0. The Labute approximate surface area is 85.9 Å². The fourth-order valence-electron chi connectivity index (χ4n) is 2.26. The number of hydrogen-bond donors (Lipinski definition) is 2. The quantitative estimate of drug-likeness (QED) is 0.765. The van der Waals surface area contributed by atoms with E-state index in [0.717, 1.165) is 6.42 Å². The van der Waals surface area contributed by atoms with Crippen LogP contribution < -0.4 is 0 Å². The van der Waals surface area contributed by atoms with Gasteiger partial charge in [0.1, 0.15) is 0 Å². The number of carboxylic acids is 2. The maximum atomic E-state index is 11.0. The van der Waals surface area contributed by atoms with Gasteiger partial charge in [0, 0.05) is 17.9 Å². The summed E-state index contributed by atoms with van der Waals surface area (Å²) in [6.07, 6.45) is 1.53. The van der Waals surface area contributed by atoms with Crippen LogP contribution in [0.15, 0.2) is 0 Å². The van der Waals surface area contributed by atoms with E-state index in [2.05, 4.69) is 0 Å². The average molecular weight is 209 g/mol. The van der Waals surface area contributed by atoms with Gasteiger partial charge in [0.25, 0.3) is 0 Å². The molecule has 0 saturated heterocycles. The lowest BCUT2D eigenvalue weighted by Crippen LogP contribution is -2.08. The second-order valence-corrected chi connectivity index (χ2v) is 3.65. The minimum Gasteiger partial charge on any atom is -0.478 e. The fourth-order valence-corrected chi connectivity index (χ4v) is 2.26. The van der Waals surface area contributed by atoms with E-state index < -0.39 is 11.9 Å². The number of carbonyl (C=O) groups is 2. The SMILES string of the molecule is Cc1c(C(=O)O)c(C(=O)O)c2n1CCC2. The topological polar surface area (TPSA) is 79.5 Å². The Morgan fingerprint density at radius 3 is 2.33 bits per heavy atom. The highest BCUT2D eigenvalue weighted by Crippen LogP contribution is 2.28. The van der Waals surface area contributed by atoms with Crippen LogP contribution in [0.2, 0.25) is 0 Å². The van der Waals surface area contributed by atoms with Crippen molar-refractivity contribution in [2.75, 3.05) is 0 Å². The van der Waals surface area contributed by atoms with Gasteiger partial charge < -0.3 is 14.8 Å². The molecule has 1 aliphatic rings. The molecule has 5 nitrogen and oxygen atoms in total. The summed E-state index contributed by atoms with van der Waals surface area (Å²) in [5, 5.41) is 18.0. The Morgan fingerprint density at radius 2 is 1.80 bits per heavy atom. The van der Waals surface area contributed by atoms with Crippen LogP contribution in [0.25, 0.3) is 0 Å². The summed E-state index contributed by atoms with van der Waals surface area (Å²) in [6.45, 7) is 2.37. The highest BCUT2D eigenvalue weighted by molar-refractivity contribution is 6.04. The van der Waals surface area contributed by atoms with Crippen molar-refractivity contribution in [3.8, 4) is 0 Å². The Kier molecular flexibility index (Phi) is 2.03. The average Bonchev–Trinajstić information content (AvgIpc) is 2.66. The van der Waals surface area contributed by atoms with Crippen LogP contribution in [0.4, 0.5) is 0 Å². The molecule has 2 N–H and O–H groups in total. The molecule has 0 bridgehead atoms. The van der Waals surface area contributed by atoms with Gasteiger partial charge in [-0.15, -0.1) is 0 Å².